The van der Waals surface area contributed by atoms with Crippen LogP contribution in [0.5, 0.6) is 0 Å². The predicted molar refractivity (Wildman–Crippen MR) is 104 cm³/mol. The highest BCUT2D eigenvalue weighted by molar-refractivity contribution is 7.08. The second-order valence-corrected chi connectivity index (χ2v) is 7.22. The van der Waals surface area contributed by atoms with Crippen LogP contribution in [0.3, 0.4) is 0 Å². The molecule has 26 heavy (non-hydrogen) atoms. The standard InChI is InChI=1S/C21H16N4S/c1-3-16(12-22-8-1)21(17-4-2-9-23-13-17)7-5-18-19(11-21)24-25-20(18)15-6-10-26-14-15/h1-10,12-14H,11H2,(H,24,25). The normalized spacial score (nSPS) is 14.9. The van der Waals surface area contributed by atoms with E-state index in [0.29, 0.717) is 0 Å². The molecule has 0 radical (unpaired) electrons. The molecule has 0 bridgehead atoms. The molecule has 126 valence electrons. The van der Waals surface area contributed by atoms with Crippen molar-refractivity contribution in [1.82, 2.24) is 20.2 Å². The van der Waals surface area contributed by atoms with Gasteiger partial charge >= 0.3 is 0 Å². The summed E-state index contributed by atoms with van der Waals surface area (Å²) < 4.78 is 0. The summed E-state index contributed by atoms with van der Waals surface area (Å²) in [5, 5.41) is 12.1. The van der Waals surface area contributed by atoms with Gasteiger partial charge in [-0.1, -0.05) is 24.3 Å². The van der Waals surface area contributed by atoms with Gasteiger partial charge < -0.3 is 0 Å². The number of aromatic nitrogens is 4. The Morgan fingerprint density at radius 1 is 1.00 bits per heavy atom. The van der Waals surface area contributed by atoms with Crippen molar-refractivity contribution in [3.8, 4) is 11.3 Å². The Morgan fingerprint density at radius 2 is 1.77 bits per heavy atom. The van der Waals surface area contributed by atoms with Crippen LogP contribution in [0.25, 0.3) is 17.3 Å². The summed E-state index contributed by atoms with van der Waals surface area (Å²) in [6.45, 7) is 0. The van der Waals surface area contributed by atoms with E-state index in [9.17, 15) is 0 Å². The Morgan fingerprint density at radius 3 is 2.38 bits per heavy atom. The Labute approximate surface area is 155 Å². The number of fused-ring (bicyclic) bond motifs is 1. The minimum Gasteiger partial charge on any atom is -0.281 e. The number of allylic oxidation sites excluding steroid dienone is 1. The molecule has 5 rings (SSSR count). The molecule has 5 heteroatoms. The highest BCUT2D eigenvalue weighted by atomic mass is 32.1. The van der Waals surface area contributed by atoms with Crippen LogP contribution in [0, 0.1) is 0 Å². The number of hydrogen-bond acceptors (Lipinski definition) is 4. The molecule has 0 fully saturated rings. The lowest BCUT2D eigenvalue weighted by atomic mass is 9.69. The highest BCUT2D eigenvalue weighted by Crippen LogP contribution is 2.42. The van der Waals surface area contributed by atoms with Gasteiger partial charge in [0, 0.05) is 58.8 Å². The van der Waals surface area contributed by atoms with Gasteiger partial charge in [-0.15, -0.1) is 0 Å². The van der Waals surface area contributed by atoms with E-state index in [1.807, 2.05) is 36.9 Å². The van der Waals surface area contributed by atoms with Crippen LogP contribution in [-0.4, -0.2) is 20.2 Å². The van der Waals surface area contributed by atoms with E-state index in [1.165, 1.54) is 5.56 Å². The largest absolute Gasteiger partial charge is 0.281 e. The van der Waals surface area contributed by atoms with Crippen LogP contribution in [0.1, 0.15) is 22.4 Å². The maximum Gasteiger partial charge on any atom is 0.100 e. The van der Waals surface area contributed by atoms with Crippen LogP contribution in [0.15, 0.2) is 72.0 Å². The molecular weight excluding hydrogens is 340 g/mol. The summed E-state index contributed by atoms with van der Waals surface area (Å²) in [7, 11) is 0. The first-order valence-corrected chi connectivity index (χ1v) is 9.41. The first kappa shape index (κ1) is 15.2. The Balaban J connectivity index is 1.67. The van der Waals surface area contributed by atoms with E-state index in [0.717, 1.165) is 34.5 Å². The molecule has 0 aromatic carbocycles. The minimum atomic E-state index is -0.298. The Hall–Kier alpha value is -3.05. The number of hydrogen-bond donors (Lipinski definition) is 1. The smallest absolute Gasteiger partial charge is 0.100 e. The monoisotopic (exact) mass is 356 g/mol. The molecule has 0 atom stereocenters. The van der Waals surface area contributed by atoms with Crippen molar-refractivity contribution in [2.75, 3.05) is 0 Å². The molecule has 4 aromatic rings. The molecule has 0 aliphatic heterocycles. The first-order chi connectivity index (χ1) is 12.9. The molecule has 0 saturated heterocycles. The number of thiophene rings is 1. The number of pyridine rings is 2. The summed E-state index contributed by atoms with van der Waals surface area (Å²) in [6.07, 6.45) is 12.8. The zero-order chi connectivity index (χ0) is 17.4. The van der Waals surface area contributed by atoms with E-state index >= 15 is 0 Å². The van der Waals surface area contributed by atoms with Crippen LogP contribution in [0.4, 0.5) is 0 Å². The van der Waals surface area contributed by atoms with Gasteiger partial charge in [-0.3, -0.25) is 15.1 Å². The summed E-state index contributed by atoms with van der Waals surface area (Å²) in [5.74, 6) is 0. The molecule has 0 saturated carbocycles. The molecule has 1 aliphatic rings. The van der Waals surface area contributed by atoms with Gasteiger partial charge in [0.1, 0.15) is 5.69 Å². The number of H-pyrrole nitrogens is 1. The van der Waals surface area contributed by atoms with E-state index < -0.39 is 0 Å². The van der Waals surface area contributed by atoms with Crippen molar-refractivity contribution in [3.63, 3.8) is 0 Å². The number of nitrogens with zero attached hydrogens (tertiary/aromatic N) is 3. The lowest BCUT2D eigenvalue weighted by Crippen LogP contribution is -2.30. The van der Waals surface area contributed by atoms with Crippen LogP contribution >= 0.6 is 11.3 Å². The molecular formula is C21H16N4S. The fraction of sp³-hybridized carbons (Fsp3) is 0.0952. The van der Waals surface area contributed by atoms with Gasteiger partial charge in [-0.25, -0.2) is 0 Å². The molecule has 0 amide bonds. The second kappa shape index (κ2) is 6.04. The van der Waals surface area contributed by atoms with Gasteiger partial charge in [0.05, 0.1) is 0 Å². The zero-order valence-electron chi connectivity index (χ0n) is 14.0. The highest BCUT2D eigenvalue weighted by Gasteiger charge is 2.37. The van der Waals surface area contributed by atoms with Gasteiger partial charge in [0.25, 0.3) is 0 Å². The van der Waals surface area contributed by atoms with Crippen molar-refractivity contribution < 1.29 is 0 Å². The lowest BCUT2D eigenvalue weighted by molar-refractivity contribution is 0.615. The quantitative estimate of drug-likeness (QED) is 0.589. The SMILES string of the molecule is C1=CC(c2cccnc2)(c2cccnc2)Cc2[nH]nc(-c3ccsc3)c21. The van der Waals surface area contributed by atoms with Gasteiger partial charge in [0.15, 0.2) is 0 Å². The summed E-state index contributed by atoms with van der Waals surface area (Å²) in [4.78, 5) is 8.71. The molecule has 4 heterocycles. The average molecular weight is 356 g/mol. The van der Waals surface area contributed by atoms with Gasteiger partial charge in [-0.05, 0) is 34.7 Å². The summed E-state index contributed by atoms with van der Waals surface area (Å²) >= 11 is 1.69. The Kier molecular flexibility index (Phi) is 3.53. The molecule has 1 aliphatic carbocycles. The maximum absolute atomic E-state index is 4.59. The lowest BCUT2D eigenvalue weighted by Gasteiger charge is -2.33. The third-order valence-corrected chi connectivity index (χ3v) is 5.70. The van der Waals surface area contributed by atoms with E-state index in [-0.39, 0.29) is 5.41 Å². The van der Waals surface area contributed by atoms with Crippen molar-refractivity contribution in [2.24, 2.45) is 0 Å². The topological polar surface area (TPSA) is 54.5 Å². The zero-order valence-corrected chi connectivity index (χ0v) is 14.8. The molecule has 1 N–H and O–H groups in total. The van der Waals surface area contributed by atoms with Gasteiger partial charge in [-0.2, -0.15) is 16.4 Å². The molecule has 4 nitrogen and oxygen atoms in total. The van der Waals surface area contributed by atoms with E-state index in [1.54, 1.807) is 11.3 Å². The van der Waals surface area contributed by atoms with E-state index in [2.05, 4.69) is 61.3 Å². The minimum absolute atomic E-state index is 0.298. The van der Waals surface area contributed by atoms with Crippen LogP contribution in [-0.2, 0) is 11.8 Å². The third-order valence-electron chi connectivity index (χ3n) is 5.02. The molecule has 0 spiro atoms. The van der Waals surface area contributed by atoms with Crippen molar-refractivity contribution in [2.45, 2.75) is 11.8 Å². The average Bonchev–Trinajstić information content (AvgIpc) is 3.38. The van der Waals surface area contributed by atoms with Crippen LogP contribution in [0.2, 0.25) is 0 Å². The fourth-order valence-corrected chi connectivity index (χ4v) is 4.34. The number of nitrogens with one attached hydrogen (secondary N) is 1. The number of aromatic amines is 1. The van der Waals surface area contributed by atoms with Crippen molar-refractivity contribution in [1.29, 1.82) is 0 Å². The predicted octanol–water partition coefficient (Wildman–Crippen LogP) is 4.48. The first-order valence-electron chi connectivity index (χ1n) is 8.47. The molecule has 0 unspecified atom stereocenters. The number of rotatable bonds is 3. The maximum atomic E-state index is 4.59. The summed E-state index contributed by atoms with van der Waals surface area (Å²) in [6, 6.07) is 10.3. The summed E-state index contributed by atoms with van der Waals surface area (Å²) in [5.41, 5.74) is 6.50. The van der Waals surface area contributed by atoms with Crippen molar-refractivity contribution >= 4 is 17.4 Å². The van der Waals surface area contributed by atoms with Gasteiger partial charge in [0.2, 0.25) is 0 Å². The van der Waals surface area contributed by atoms with E-state index in [4.69, 9.17) is 0 Å². The second-order valence-electron chi connectivity index (χ2n) is 6.44. The van der Waals surface area contributed by atoms with Crippen molar-refractivity contribution in [3.05, 3.63) is 94.3 Å². The Bertz CT molecular complexity index is 1010. The van der Waals surface area contributed by atoms with Crippen LogP contribution < -0.4 is 0 Å². The molecule has 4 aromatic heterocycles. The third kappa shape index (κ3) is 2.32. The fourth-order valence-electron chi connectivity index (χ4n) is 3.70.